The Balaban J connectivity index is 3.28. The molecule has 0 saturated carbocycles. The fourth-order valence-electron chi connectivity index (χ4n) is 5.10. The van der Waals surface area contributed by atoms with Gasteiger partial charge in [-0.3, -0.25) is 15.0 Å². The molecule has 0 unspecified atom stereocenters. The Morgan fingerprint density at radius 3 is 2.10 bits per heavy atom. The number of hydrogen-bond donors (Lipinski definition) is 1. The van der Waals surface area contributed by atoms with Crippen LogP contribution in [0.1, 0.15) is 99.6 Å². The molecule has 0 saturated heterocycles. The minimum atomic E-state index is -3.45. The van der Waals surface area contributed by atoms with E-state index in [1.807, 2.05) is 13.8 Å². The summed E-state index contributed by atoms with van der Waals surface area (Å²) >= 11 is 0. The molecule has 0 spiro atoms. The smallest absolute Gasteiger partial charge is 0.428 e. The van der Waals surface area contributed by atoms with E-state index in [1.165, 1.54) is 20.2 Å². The molecule has 48 heavy (non-hydrogen) atoms. The van der Waals surface area contributed by atoms with Gasteiger partial charge < -0.3 is 13.9 Å². The molecule has 0 radical (unpaired) electrons. The van der Waals surface area contributed by atoms with Crippen LogP contribution < -0.4 is 5.43 Å². The number of amides is 2. The molecular weight excluding hydrogens is 656 g/mol. The summed E-state index contributed by atoms with van der Waals surface area (Å²) < 4.78 is 58.8. The first kappa shape index (κ1) is 43.5. The van der Waals surface area contributed by atoms with Crippen molar-refractivity contribution in [3.05, 3.63) is 35.1 Å². The lowest BCUT2D eigenvalue weighted by Gasteiger charge is -2.36. The van der Waals surface area contributed by atoms with E-state index < -0.39 is 64.3 Å². The van der Waals surface area contributed by atoms with E-state index in [1.54, 1.807) is 46.8 Å². The molecule has 0 fully saturated rings. The highest BCUT2D eigenvalue weighted by atomic mass is 32.2. The summed E-state index contributed by atoms with van der Waals surface area (Å²) in [5.41, 5.74) is -0.0195. The third-order valence-electron chi connectivity index (χ3n) is 9.04. The molecule has 0 aromatic heterocycles. The fraction of sp³-hybridized carbons (Fsp3) is 0.743. The van der Waals surface area contributed by atoms with Crippen LogP contribution in [0, 0.1) is 17.2 Å². The van der Waals surface area contributed by atoms with Crippen LogP contribution in [0.3, 0.4) is 0 Å². The SMILES string of the molecule is COC(=O)[C@@H](C)Cc1cccc([C@@](C)(CCCC(C)(C)CS(=O)(=O)CCO[Si](C)(C)C(C)(C)C)C(=O)NN(C)C(=O)OC(C)(C)C)c1F. The van der Waals surface area contributed by atoms with Crippen LogP contribution >= 0.6 is 0 Å². The first-order chi connectivity index (χ1) is 21.6. The number of halogens is 1. The molecule has 2 atom stereocenters. The Morgan fingerprint density at radius 1 is 1.00 bits per heavy atom. The minimum Gasteiger partial charge on any atom is -0.469 e. The van der Waals surface area contributed by atoms with Crippen LogP contribution in [-0.4, -0.2) is 77.6 Å². The van der Waals surface area contributed by atoms with Gasteiger partial charge in [0, 0.05) is 19.2 Å². The second-order valence-electron chi connectivity index (χ2n) is 16.4. The summed E-state index contributed by atoms with van der Waals surface area (Å²) in [5.74, 6) is -2.52. The molecule has 0 bridgehead atoms. The molecule has 13 heteroatoms. The highest BCUT2D eigenvalue weighted by Gasteiger charge is 2.41. The van der Waals surface area contributed by atoms with Crippen LogP contribution in [0.5, 0.6) is 0 Å². The maximum absolute atomic E-state index is 16.2. The number of benzene rings is 1. The third kappa shape index (κ3) is 13.1. The molecule has 0 aliphatic carbocycles. The Labute approximate surface area is 289 Å². The molecule has 10 nitrogen and oxygen atoms in total. The van der Waals surface area contributed by atoms with E-state index >= 15 is 4.39 Å². The summed E-state index contributed by atoms with van der Waals surface area (Å²) in [4.78, 5) is 38.7. The predicted molar refractivity (Wildman–Crippen MR) is 190 cm³/mol. The second-order valence-corrected chi connectivity index (χ2v) is 23.4. The van der Waals surface area contributed by atoms with Crippen molar-refractivity contribution in [3.8, 4) is 0 Å². The van der Waals surface area contributed by atoms with Crippen LogP contribution in [0.15, 0.2) is 18.2 Å². The number of nitrogens with zero attached hydrogens (tertiary/aromatic N) is 1. The van der Waals surface area contributed by atoms with Gasteiger partial charge >= 0.3 is 12.1 Å². The lowest BCUT2D eigenvalue weighted by molar-refractivity contribution is -0.144. The van der Waals surface area contributed by atoms with Crippen molar-refractivity contribution in [1.29, 1.82) is 0 Å². The minimum absolute atomic E-state index is 0.0325. The van der Waals surface area contributed by atoms with Gasteiger partial charge in [0.2, 0.25) is 5.91 Å². The Hall–Kier alpha value is -2.51. The lowest BCUT2D eigenvalue weighted by Crippen LogP contribution is -2.52. The Kier molecular flexibility index (Phi) is 14.9. The topological polar surface area (TPSA) is 128 Å². The first-order valence-corrected chi connectivity index (χ1v) is 21.3. The summed E-state index contributed by atoms with van der Waals surface area (Å²) in [7, 11) is -2.93. The molecule has 1 aromatic carbocycles. The summed E-state index contributed by atoms with van der Waals surface area (Å²) in [6, 6.07) is 4.71. The second kappa shape index (κ2) is 16.5. The van der Waals surface area contributed by atoms with Crippen LogP contribution in [0.25, 0.3) is 0 Å². The van der Waals surface area contributed by atoms with E-state index in [0.717, 1.165) is 5.01 Å². The van der Waals surface area contributed by atoms with Gasteiger partial charge in [0.05, 0.1) is 29.9 Å². The zero-order valence-electron chi connectivity index (χ0n) is 31.8. The van der Waals surface area contributed by atoms with Gasteiger partial charge in [0.25, 0.3) is 0 Å². The maximum Gasteiger partial charge on any atom is 0.428 e. The number of rotatable bonds is 15. The van der Waals surface area contributed by atoms with Gasteiger partial charge in [-0.05, 0) is 76.1 Å². The molecular formula is C35H61FN2O8SSi. The van der Waals surface area contributed by atoms with E-state index in [9.17, 15) is 22.8 Å². The quantitative estimate of drug-likeness (QED) is 0.117. The lowest BCUT2D eigenvalue weighted by atomic mass is 9.74. The van der Waals surface area contributed by atoms with E-state index in [-0.39, 0.29) is 47.1 Å². The van der Waals surface area contributed by atoms with E-state index in [0.29, 0.717) is 12.8 Å². The van der Waals surface area contributed by atoms with Crippen molar-refractivity contribution >= 4 is 36.1 Å². The average Bonchev–Trinajstić information content (AvgIpc) is 2.90. The molecule has 0 aliphatic heterocycles. The molecule has 2 amide bonds. The molecule has 1 rings (SSSR count). The fourth-order valence-corrected chi connectivity index (χ4v) is 8.11. The van der Waals surface area contributed by atoms with Crippen molar-refractivity contribution in [1.82, 2.24) is 10.4 Å². The number of hydrazine groups is 1. The number of ether oxygens (including phenoxy) is 2. The predicted octanol–water partition coefficient (Wildman–Crippen LogP) is 6.97. The van der Waals surface area contributed by atoms with Gasteiger partial charge in [-0.1, -0.05) is 66.2 Å². The monoisotopic (exact) mass is 716 g/mol. The highest BCUT2D eigenvalue weighted by Crippen LogP contribution is 2.38. The number of carbonyl (C=O) groups excluding carboxylic acids is 3. The van der Waals surface area contributed by atoms with Crippen LogP contribution in [-0.2, 0) is 45.2 Å². The van der Waals surface area contributed by atoms with Crippen molar-refractivity contribution in [3.63, 3.8) is 0 Å². The Bertz CT molecular complexity index is 1390. The standard InChI is InChI=1S/C35H61FN2O8SSi/c1-25(29(39)44-12)23-26-17-15-18-27(28(26)36)35(10,30(40)37-38(11)31(41)46-32(2,3)4)20-16-19-34(8,9)24-47(42,43)22-21-45-48(13,14)33(5,6)7/h15,17-18,25H,16,19-24H2,1-14H3,(H,37,40)/t25-,35+/m0/s1. The summed E-state index contributed by atoms with van der Waals surface area (Å²) in [6.07, 6.45) is 0.229. The van der Waals surface area contributed by atoms with Gasteiger partial charge in [-0.2, -0.15) is 0 Å². The van der Waals surface area contributed by atoms with E-state index in [4.69, 9.17) is 13.9 Å². The first-order valence-electron chi connectivity index (χ1n) is 16.6. The number of methoxy groups -OCH3 is 1. The van der Waals surface area contributed by atoms with Crippen LogP contribution in [0.4, 0.5) is 9.18 Å². The van der Waals surface area contributed by atoms with Gasteiger partial charge in [0.15, 0.2) is 18.2 Å². The van der Waals surface area contributed by atoms with Crippen molar-refractivity contribution < 1.29 is 41.1 Å². The molecule has 1 aromatic rings. The third-order valence-corrected chi connectivity index (χ3v) is 15.6. The van der Waals surface area contributed by atoms with Gasteiger partial charge in [0.1, 0.15) is 11.4 Å². The number of sulfone groups is 1. The number of hydrogen-bond acceptors (Lipinski definition) is 8. The zero-order chi connectivity index (χ0) is 37.5. The highest BCUT2D eigenvalue weighted by molar-refractivity contribution is 7.91. The average molecular weight is 717 g/mol. The molecule has 276 valence electrons. The normalized spacial score (nSPS) is 14.9. The largest absolute Gasteiger partial charge is 0.469 e. The van der Waals surface area contributed by atoms with Crippen molar-refractivity contribution in [2.45, 2.75) is 124 Å². The molecule has 1 N–H and O–H groups in total. The van der Waals surface area contributed by atoms with Crippen molar-refractivity contribution in [2.24, 2.45) is 11.3 Å². The maximum atomic E-state index is 16.2. The summed E-state index contributed by atoms with van der Waals surface area (Å²) in [5, 5.41) is 0.893. The zero-order valence-corrected chi connectivity index (χ0v) is 33.6. The van der Waals surface area contributed by atoms with E-state index in [2.05, 4.69) is 39.3 Å². The Morgan fingerprint density at radius 2 is 1.58 bits per heavy atom. The number of nitrogens with one attached hydrogen (secondary N) is 1. The molecule has 0 heterocycles. The molecule has 0 aliphatic rings. The van der Waals surface area contributed by atoms with Gasteiger partial charge in [-0.25, -0.2) is 22.6 Å². The van der Waals surface area contributed by atoms with Crippen LogP contribution in [0.2, 0.25) is 18.1 Å². The van der Waals surface area contributed by atoms with Gasteiger partial charge in [-0.15, -0.1) is 0 Å². The number of esters is 1. The van der Waals surface area contributed by atoms with Crippen molar-refractivity contribution in [2.75, 3.05) is 32.3 Å². The number of carbonyl (C=O) groups is 3. The summed E-state index contributed by atoms with van der Waals surface area (Å²) in [6.45, 7) is 22.7.